The molecule has 1 N–H and O–H groups in total. The number of rotatable bonds is 3. The summed E-state index contributed by atoms with van der Waals surface area (Å²) in [5.74, 6) is -1.19. The number of carbonyl (C=O) groups excluding carboxylic acids is 1. The Balaban J connectivity index is 1.84. The van der Waals surface area contributed by atoms with E-state index in [1.807, 2.05) is 30.3 Å². The summed E-state index contributed by atoms with van der Waals surface area (Å²) >= 11 is 0. The van der Waals surface area contributed by atoms with Crippen LogP contribution in [0.1, 0.15) is 18.4 Å². The van der Waals surface area contributed by atoms with E-state index < -0.39 is 12.0 Å². The first-order valence-corrected chi connectivity index (χ1v) is 7.22. The van der Waals surface area contributed by atoms with Gasteiger partial charge >= 0.3 is 5.97 Å². The van der Waals surface area contributed by atoms with Crippen LogP contribution < -0.4 is 0 Å². The number of benzene rings is 1. The minimum Gasteiger partial charge on any atom is -0.480 e. The van der Waals surface area contributed by atoms with Crippen LogP contribution in [0.3, 0.4) is 0 Å². The monoisotopic (exact) mass is 296 g/mol. The van der Waals surface area contributed by atoms with Crippen LogP contribution in [-0.4, -0.2) is 39.5 Å². The van der Waals surface area contributed by atoms with Gasteiger partial charge in [0.15, 0.2) is 0 Å². The first-order valence-electron chi connectivity index (χ1n) is 7.22. The second-order valence-corrected chi connectivity index (χ2v) is 5.28. The molecular formula is C17H16N2O3. The predicted octanol–water partition coefficient (Wildman–Crippen LogP) is 2.32. The highest BCUT2D eigenvalue weighted by atomic mass is 16.4. The van der Waals surface area contributed by atoms with Gasteiger partial charge in [0.05, 0.1) is 5.52 Å². The van der Waals surface area contributed by atoms with E-state index in [1.54, 1.807) is 12.3 Å². The second-order valence-electron chi connectivity index (χ2n) is 5.28. The van der Waals surface area contributed by atoms with Crippen molar-refractivity contribution in [2.75, 3.05) is 6.54 Å². The summed E-state index contributed by atoms with van der Waals surface area (Å²) in [6.07, 6.45) is 6.12. The molecule has 112 valence electrons. The molecule has 0 spiro atoms. The van der Waals surface area contributed by atoms with Gasteiger partial charge in [-0.05, 0) is 36.6 Å². The normalized spacial score (nSPS) is 18.2. The Morgan fingerprint density at radius 3 is 2.91 bits per heavy atom. The van der Waals surface area contributed by atoms with Crippen molar-refractivity contribution in [1.82, 2.24) is 9.88 Å². The number of carboxylic acid groups (broad SMARTS) is 1. The lowest BCUT2D eigenvalue weighted by Crippen LogP contribution is -2.39. The molecule has 1 atom stereocenters. The van der Waals surface area contributed by atoms with Crippen molar-refractivity contribution in [3.8, 4) is 0 Å². The van der Waals surface area contributed by atoms with Crippen LogP contribution in [0.4, 0.5) is 0 Å². The number of nitrogens with zero attached hydrogens (tertiary/aromatic N) is 2. The molecule has 5 heteroatoms. The highest BCUT2D eigenvalue weighted by molar-refractivity contribution is 5.97. The molecule has 5 nitrogen and oxygen atoms in total. The molecule has 1 unspecified atom stereocenters. The number of amides is 1. The summed E-state index contributed by atoms with van der Waals surface area (Å²) in [7, 11) is 0. The first kappa shape index (κ1) is 14.3. The van der Waals surface area contributed by atoms with Crippen molar-refractivity contribution in [2.45, 2.75) is 18.9 Å². The lowest BCUT2D eigenvalue weighted by atomic mass is 10.1. The van der Waals surface area contributed by atoms with E-state index >= 15 is 0 Å². The van der Waals surface area contributed by atoms with E-state index in [-0.39, 0.29) is 5.91 Å². The molecule has 2 heterocycles. The number of fused-ring (bicyclic) bond motifs is 1. The Kier molecular flexibility index (Phi) is 3.87. The predicted molar refractivity (Wildman–Crippen MR) is 83.1 cm³/mol. The molecule has 0 aliphatic carbocycles. The van der Waals surface area contributed by atoms with Crippen LogP contribution in [0.25, 0.3) is 17.0 Å². The molecule has 0 saturated carbocycles. The minimum atomic E-state index is -0.936. The SMILES string of the molecule is O=C(O)C1CCCN1C(=O)C=Cc1ccnc2ccccc12. The largest absolute Gasteiger partial charge is 0.480 e. The van der Waals surface area contributed by atoms with E-state index in [9.17, 15) is 9.59 Å². The van der Waals surface area contributed by atoms with Gasteiger partial charge in [0.2, 0.25) is 5.91 Å². The van der Waals surface area contributed by atoms with Gasteiger partial charge in [0, 0.05) is 24.2 Å². The number of carboxylic acids is 1. The molecule has 1 aliphatic rings. The average molecular weight is 296 g/mol. The molecule has 1 aliphatic heterocycles. The topological polar surface area (TPSA) is 70.5 Å². The lowest BCUT2D eigenvalue weighted by Gasteiger charge is -2.19. The molecule has 1 saturated heterocycles. The van der Waals surface area contributed by atoms with Crippen molar-refractivity contribution < 1.29 is 14.7 Å². The Labute approximate surface area is 127 Å². The summed E-state index contributed by atoms with van der Waals surface area (Å²) in [5.41, 5.74) is 1.76. The molecule has 1 aromatic heterocycles. The molecule has 0 bridgehead atoms. The van der Waals surface area contributed by atoms with Crippen molar-refractivity contribution in [2.24, 2.45) is 0 Å². The van der Waals surface area contributed by atoms with E-state index in [4.69, 9.17) is 5.11 Å². The maximum absolute atomic E-state index is 12.2. The van der Waals surface area contributed by atoms with Crippen LogP contribution in [0.15, 0.2) is 42.6 Å². The molecule has 0 radical (unpaired) electrons. The quantitative estimate of drug-likeness (QED) is 0.882. The van der Waals surface area contributed by atoms with Gasteiger partial charge in [-0.3, -0.25) is 9.78 Å². The number of aromatic nitrogens is 1. The van der Waals surface area contributed by atoms with Gasteiger partial charge in [0.1, 0.15) is 6.04 Å². The van der Waals surface area contributed by atoms with Crippen LogP contribution >= 0.6 is 0 Å². The first-order chi connectivity index (χ1) is 10.7. The Bertz CT molecular complexity index is 749. The number of para-hydroxylation sites is 1. The fourth-order valence-corrected chi connectivity index (χ4v) is 2.81. The highest BCUT2D eigenvalue weighted by Crippen LogP contribution is 2.20. The van der Waals surface area contributed by atoms with E-state index in [0.717, 1.165) is 22.9 Å². The third-order valence-electron chi connectivity index (χ3n) is 3.91. The maximum Gasteiger partial charge on any atom is 0.326 e. The van der Waals surface area contributed by atoms with Crippen LogP contribution in [0.2, 0.25) is 0 Å². The molecule has 22 heavy (non-hydrogen) atoms. The number of hydrogen-bond acceptors (Lipinski definition) is 3. The highest BCUT2D eigenvalue weighted by Gasteiger charge is 2.32. The zero-order valence-corrected chi connectivity index (χ0v) is 12.0. The summed E-state index contributed by atoms with van der Waals surface area (Å²) in [4.78, 5) is 29.1. The Hall–Kier alpha value is -2.69. The third-order valence-corrected chi connectivity index (χ3v) is 3.91. The van der Waals surface area contributed by atoms with Crippen LogP contribution in [0.5, 0.6) is 0 Å². The summed E-state index contributed by atoms with van der Waals surface area (Å²) < 4.78 is 0. The summed E-state index contributed by atoms with van der Waals surface area (Å²) in [6, 6.07) is 8.83. The zero-order chi connectivity index (χ0) is 15.5. The van der Waals surface area contributed by atoms with E-state index in [1.165, 1.54) is 11.0 Å². The number of hydrogen-bond donors (Lipinski definition) is 1. The molecule has 1 amide bonds. The van der Waals surface area contributed by atoms with Gasteiger partial charge in [-0.1, -0.05) is 18.2 Å². The van der Waals surface area contributed by atoms with Gasteiger partial charge < -0.3 is 10.0 Å². The molecule has 3 rings (SSSR count). The number of pyridine rings is 1. The standard InChI is InChI=1S/C17H16N2O3/c20-16(19-11-3-6-15(19)17(21)22)8-7-12-9-10-18-14-5-2-1-4-13(12)14/h1-2,4-5,7-10,15H,3,6,11H2,(H,21,22). The minimum absolute atomic E-state index is 0.259. The molecule has 1 aromatic carbocycles. The van der Waals surface area contributed by atoms with Crippen LogP contribution in [0, 0.1) is 0 Å². The van der Waals surface area contributed by atoms with Crippen molar-refractivity contribution in [3.63, 3.8) is 0 Å². The van der Waals surface area contributed by atoms with Crippen LogP contribution in [-0.2, 0) is 9.59 Å². The fraction of sp³-hybridized carbons (Fsp3) is 0.235. The number of aliphatic carboxylic acids is 1. The third kappa shape index (κ3) is 2.70. The smallest absolute Gasteiger partial charge is 0.326 e. The van der Waals surface area contributed by atoms with E-state index in [0.29, 0.717) is 13.0 Å². The zero-order valence-electron chi connectivity index (χ0n) is 12.0. The summed E-state index contributed by atoms with van der Waals surface area (Å²) in [6.45, 7) is 0.497. The van der Waals surface area contributed by atoms with Crippen molar-refractivity contribution >= 4 is 28.9 Å². The van der Waals surface area contributed by atoms with Gasteiger partial charge in [-0.2, -0.15) is 0 Å². The van der Waals surface area contributed by atoms with Crippen molar-refractivity contribution in [1.29, 1.82) is 0 Å². The second kappa shape index (κ2) is 5.97. The van der Waals surface area contributed by atoms with E-state index in [2.05, 4.69) is 4.98 Å². The number of carbonyl (C=O) groups is 2. The van der Waals surface area contributed by atoms with Gasteiger partial charge in [0.25, 0.3) is 0 Å². The molecule has 2 aromatic rings. The average Bonchev–Trinajstić information content (AvgIpc) is 3.02. The van der Waals surface area contributed by atoms with Gasteiger partial charge in [-0.15, -0.1) is 0 Å². The Morgan fingerprint density at radius 2 is 2.09 bits per heavy atom. The maximum atomic E-state index is 12.2. The Morgan fingerprint density at radius 1 is 1.27 bits per heavy atom. The molecule has 1 fully saturated rings. The summed E-state index contributed by atoms with van der Waals surface area (Å²) in [5, 5.41) is 10.1. The number of likely N-dealkylation sites (tertiary alicyclic amines) is 1. The fourth-order valence-electron chi connectivity index (χ4n) is 2.81. The van der Waals surface area contributed by atoms with Crippen molar-refractivity contribution in [3.05, 3.63) is 48.2 Å². The molecular weight excluding hydrogens is 280 g/mol. The lowest BCUT2D eigenvalue weighted by molar-refractivity contribution is -0.146. The van der Waals surface area contributed by atoms with Gasteiger partial charge in [-0.25, -0.2) is 4.79 Å².